The van der Waals surface area contributed by atoms with E-state index in [1.807, 2.05) is 12.1 Å². The van der Waals surface area contributed by atoms with Gasteiger partial charge >= 0.3 is 0 Å². The van der Waals surface area contributed by atoms with Gasteiger partial charge in [0.05, 0.1) is 16.3 Å². The molecule has 0 bridgehead atoms. The molecule has 1 rings (SSSR count). The Bertz CT molecular complexity index is 569. The molecule has 28 heavy (non-hydrogen) atoms. The fourth-order valence-corrected chi connectivity index (χ4v) is 2.84. The lowest BCUT2D eigenvalue weighted by molar-refractivity contribution is 0.673. The predicted octanol–water partition coefficient (Wildman–Crippen LogP) is 7.63. The molecule has 0 spiro atoms. The smallest absolute Gasteiger partial charge is 0.0924 e. The van der Waals surface area contributed by atoms with Crippen molar-refractivity contribution in [3.05, 3.63) is 58.6 Å². The van der Waals surface area contributed by atoms with Gasteiger partial charge in [-0.05, 0) is 49.9 Å². The minimum Gasteiger partial charge on any atom is -0.325 e. The molecule has 0 aliphatic rings. The first kappa shape index (κ1) is 23.5. The van der Waals surface area contributed by atoms with E-state index in [0.29, 0.717) is 10.8 Å². The number of anilines is 2. The van der Waals surface area contributed by atoms with Crippen LogP contribution in [-0.2, 0) is 0 Å². The van der Waals surface area contributed by atoms with Crippen LogP contribution in [0.25, 0.3) is 0 Å². The average molecular weight is 387 g/mol. The van der Waals surface area contributed by atoms with Crippen molar-refractivity contribution in [2.75, 3.05) is 10.0 Å². The minimum atomic E-state index is 0.348. The zero-order chi connectivity index (χ0) is 20.5. The molecule has 0 saturated carbocycles. The molecule has 0 aliphatic carbocycles. The molecule has 1 aromatic rings. The first-order valence-electron chi connectivity index (χ1n) is 10.4. The van der Waals surface area contributed by atoms with E-state index in [4.69, 9.17) is 0 Å². The van der Waals surface area contributed by atoms with Crippen LogP contribution in [0.5, 0.6) is 0 Å². The highest BCUT2D eigenvalue weighted by molar-refractivity contribution is 5.58. The summed E-state index contributed by atoms with van der Waals surface area (Å²) in [6.07, 6.45) is 20.6. The molecular weight excluding hydrogens is 352 g/mol. The van der Waals surface area contributed by atoms with Crippen molar-refractivity contribution < 1.29 is 0 Å². The lowest BCUT2D eigenvalue weighted by Gasteiger charge is -2.17. The predicted molar refractivity (Wildman–Crippen MR) is 119 cm³/mol. The van der Waals surface area contributed by atoms with E-state index in [2.05, 4.69) is 53.9 Å². The third-order valence-electron chi connectivity index (χ3n) is 4.51. The fourth-order valence-electron chi connectivity index (χ4n) is 2.84. The summed E-state index contributed by atoms with van der Waals surface area (Å²) < 4.78 is 0. The summed E-state index contributed by atoms with van der Waals surface area (Å²) in [5.74, 6) is 0. The molecule has 154 valence electrons. The van der Waals surface area contributed by atoms with Crippen LogP contribution in [0.1, 0.15) is 78.1 Å². The van der Waals surface area contributed by atoms with E-state index in [-0.39, 0.29) is 0 Å². The number of hydrogen-bond acceptors (Lipinski definition) is 5. The van der Waals surface area contributed by atoms with E-state index < -0.39 is 0 Å². The molecule has 0 atom stereocenters. The largest absolute Gasteiger partial charge is 0.325 e. The molecular formula is C22H34N4O2. The lowest BCUT2D eigenvalue weighted by Crippen LogP contribution is -2.08. The third-order valence-corrected chi connectivity index (χ3v) is 4.51. The van der Waals surface area contributed by atoms with E-state index in [1.54, 1.807) is 12.1 Å². The van der Waals surface area contributed by atoms with Crippen molar-refractivity contribution in [2.45, 2.75) is 78.1 Å². The van der Waals surface area contributed by atoms with Crippen molar-refractivity contribution in [1.82, 2.24) is 0 Å². The SMILES string of the molecule is CCCCCCC=CN(C=CCCCCCC)c1ccc(N(N=O)N=O)cc1. The van der Waals surface area contributed by atoms with Gasteiger partial charge in [0.2, 0.25) is 0 Å². The van der Waals surface area contributed by atoms with Gasteiger partial charge in [0, 0.05) is 18.1 Å². The van der Waals surface area contributed by atoms with Crippen LogP contribution in [0.2, 0.25) is 0 Å². The van der Waals surface area contributed by atoms with Gasteiger partial charge in [-0.1, -0.05) is 69.6 Å². The molecule has 0 amide bonds. The summed E-state index contributed by atoms with van der Waals surface area (Å²) in [4.78, 5) is 23.3. The maximum absolute atomic E-state index is 10.6. The van der Waals surface area contributed by atoms with E-state index in [0.717, 1.165) is 18.5 Å². The molecule has 6 heteroatoms. The zero-order valence-corrected chi connectivity index (χ0v) is 17.3. The van der Waals surface area contributed by atoms with Gasteiger partial charge in [-0.15, -0.1) is 9.81 Å². The maximum atomic E-state index is 10.6. The summed E-state index contributed by atoms with van der Waals surface area (Å²) >= 11 is 0. The Labute approximate surface area is 169 Å². The molecule has 0 fully saturated rings. The maximum Gasteiger partial charge on any atom is 0.0924 e. The number of benzene rings is 1. The highest BCUT2D eigenvalue weighted by Crippen LogP contribution is 2.22. The Balaban J connectivity index is 2.75. The normalized spacial score (nSPS) is 11.2. The van der Waals surface area contributed by atoms with Crippen LogP contribution in [-0.4, -0.2) is 0 Å². The Kier molecular flexibility index (Phi) is 13.1. The molecule has 0 radical (unpaired) electrons. The summed E-state index contributed by atoms with van der Waals surface area (Å²) in [5, 5.41) is 5.70. The second-order valence-corrected chi connectivity index (χ2v) is 6.84. The monoisotopic (exact) mass is 386 g/mol. The first-order valence-corrected chi connectivity index (χ1v) is 10.4. The van der Waals surface area contributed by atoms with E-state index in [9.17, 15) is 9.81 Å². The third kappa shape index (κ3) is 9.44. The van der Waals surface area contributed by atoms with Crippen molar-refractivity contribution in [2.24, 2.45) is 10.6 Å². The van der Waals surface area contributed by atoms with Crippen LogP contribution >= 0.6 is 0 Å². The van der Waals surface area contributed by atoms with E-state index in [1.165, 1.54) is 51.4 Å². The van der Waals surface area contributed by atoms with Crippen molar-refractivity contribution in [3.63, 3.8) is 0 Å². The average Bonchev–Trinajstić information content (AvgIpc) is 2.73. The van der Waals surface area contributed by atoms with Crippen LogP contribution in [0.3, 0.4) is 0 Å². The molecule has 0 aromatic heterocycles. The van der Waals surface area contributed by atoms with Crippen molar-refractivity contribution in [1.29, 1.82) is 0 Å². The number of hydrogen-bond donors (Lipinski definition) is 0. The highest BCUT2D eigenvalue weighted by Gasteiger charge is 2.07. The molecule has 0 unspecified atom stereocenters. The van der Waals surface area contributed by atoms with Gasteiger partial charge in [-0.25, -0.2) is 0 Å². The van der Waals surface area contributed by atoms with Crippen LogP contribution < -0.4 is 10.0 Å². The van der Waals surface area contributed by atoms with Gasteiger partial charge in [0.1, 0.15) is 0 Å². The second kappa shape index (κ2) is 15.5. The standard InChI is InChI=1S/C22H34N4O2/c1-3-5-7-9-11-13-19-25(20-14-12-10-8-6-4-2)21-15-17-22(18-16-21)26(23-27)24-28/h13-20H,3-12H2,1-2H3. The molecule has 6 nitrogen and oxygen atoms in total. The molecule has 0 saturated heterocycles. The molecule has 0 aliphatic heterocycles. The first-order chi connectivity index (χ1) is 13.8. The van der Waals surface area contributed by atoms with Crippen LogP contribution in [0, 0.1) is 9.81 Å². The summed E-state index contributed by atoms with van der Waals surface area (Å²) in [5.41, 5.74) is 1.30. The highest BCUT2D eigenvalue weighted by atomic mass is 16.4. The Morgan fingerprint density at radius 3 is 1.61 bits per heavy atom. The van der Waals surface area contributed by atoms with Crippen molar-refractivity contribution >= 4 is 11.4 Å². The van der Waals surface area contributed by atoms with Gasteiger partial charge < -0.3 is 4.90 Å². The van der Waals surface area contributed by atoms with Gasteiger partial charge in [0.25, 0.3) is 0 Å². The number of nitroso groups, excluding NO2 is 2. The summed E-state index contributed by atoms with van der Waals surface area (Å²) in [6.45, 7) is 4.43. The van der Waals surface area contributed by atoms with Crippen molar-refractivity contribution in [3.8, 4) is 0 Å². The fraction of sp³-hybridized carbons (Fsp3) is 0.545. The Hall–Kier alpha value is -2.50. The molecule has 0 heterocycles. The summed E-state index contributed by atoms with van der Waals surface area (Å²) in [7, 11) is 0. The number of unbranched alkanes of at least 4 members (excludes halogenated alkanes) is 8. The molecule has 0 N–H and O–H groups in total. The Morgan fingerprint density at radius 1 is 0.714 bits per heavy atom. The van der Waals surface area contributed by atoms with Crippen LogP contribution in [0.4, 0.5) is 11.4 Å². The number of rotatable bonds is 16. The van der Waals surface area contributed by atoms with Gasteiger partial charge in [-0.3, -0.25) is 0 Å². The second-order valence-electron chi connectivity index (χ2n) is 6.84. The summed E-state index contributed by atoms with van der Waals surface area (Å²) in [6, 6.07) is 7.02. The Morgan fingerprint density at radius 2 is 1.18 bits per heavy atom. The quantitative estimate of drug-likeness (QED) is 0.166. The van der Waals surface area contributed by atoms with E-state index >= 15 is 0 Å². The van der Waals surface area contributed by atoms with Crippen LogP contribution in [0.15, 0.2) is 59.4 Å². The molecule has 1 aromatic carbocycles. The number of allylic oxidation sites excluding steroid dienone is 2. The van der Waals surface area contributed by atoms with Gasteiger partial charge in [0.15, 0.2) is 0 Å². The number of nitrogens with zero attached hydrogens (tertiary/aromatic N) is 4. The van der Waals surface area contributed by atoms with Gasteiger partial charge in [-0.2, -0.15) is 0 Å². The zero-order valence-electron chi connectivity index (χ0n) is 17.3. The topological polar surface area (TPSA) is 65.3 Å². The minimum absolute atomic E-state index is 0.348. The lowest BCUT2D eigenvalue weighted by atomic mass is 10.1.